The lowest BCUT2D eigenvalue weighted by molar-refractivity contribution is -0.135. The number of rotatable bonds is 4. The maximum absolute atomic E-state index is 12.5. The maximum atomic E-state index is 12.5. The van der Waals surface area contributed by atoms with Crippen LogP contribution in [0.5, 0.6) is 0 Å². The molecule has 2 aromatic rings. The van der Waals surface area contributed by atoms with E-state index in [1.807, 2.05) is 18.2 Å². The summed E-state index contributed by atoms with van der Waals surface area (Å²) in [6.07, 6.45) is 1.34. The molecule has 29 heavy (non-hydrogen) atoms. The number of ether oxygens (including phenoxy) is 1. The van der Waals surface area contributed by atoms with Gasteiger partial charge in [-0.1, -0.05) is 30.3 Å². The smallest absolute Gasteiger partial charge is 0.338 e. The van der Waals surface area contributed by atoms with E-state index in [2.05, 4.69) is 6.07 Å². The summed E-state index contributed by atoms with van der Waals surface area (Å²) < 4.78 is 30.7. The highest BCUT2D eigenvalue weighted by Gasteiger charge is 2.29. The summed E-state index contributed by atoms with van der Waals surface area (Å²) in [5.41, 5.74) is 3.01. The fourth-order valence-electron chi connectivity index (χ4n) is 3.73. The van der Waals surface area contributed by atoms with Crippen molar-refractivity contribution in [2.24, 2.45) is 0 Å². The van der Waals surface area contributed by atoms with Gasteiger partial charge in [0.2, 0.25) is 10.0 Å². The second-order valence-corrected chi connectivity index (χ2v) is 9.22. The van der Waals surface area contributed by atoms with Crippen molar-refractivity contribution in [2.75, 3.05) is 29.8 Å². The number of nitrogens with zero attached hydrogens (tertiary/aromatic N) is 2. The summed E-state index contributed by atoms with van der Waals surface area (Å²) in [5.74, 6) is -0.782. The molecule has 0 atom stereocenters. The van der Waals surface area contributed by atoms with Crippen LogP contribution in [0.2, 0.25) is 0 Å². The second-order valence-electron chi connectivity index (χ2n) is 7.20. The third-order valence-corrected chi connectivity index (χ3v) is 7.15. The SMILES string of the molecule is O=C(OCC(=O)N1CCc2ccccc2C1)c1cccc(N2CCCS2(=O)=O)c1. The molecule has 2 aliphatic heterocycles. The summed E-state index contributed by atoms with van der Waals surface area (Å²) >= 11 is 0. The summed E-state index contributed by atoms with van der Waals surface area (Å²) in [5, 5.41) is 0. The molecule has 152 valence electrons. The molecule has 7 nitrogen and oxygen atoms in total. The Balaban J connectivity index is 1.38. The zero-order valence-corrected chi connectivity index (χ0v) is 16.7. The van der Waals surface area contributed by atoms with Gasteiger partial charge in [-0.05, 0) is 42.2 Å². The molecule has 0 N–H and O–H groups in total. The van der Waals surface area contributed by atoms with E-state index in [1.54, 1.807) is 23.1 Å². The van der Waals surface area contributed by atoms with Gasteiger partial charge in [-0.25, -0.2) is 13.2 Å². The second kappa shape index (κ2) is 7.87. The van der Waals surface area contributed by atoms with Gasteiger partial charge in [0.1, 0.15) is 0 Å². The van der Waals surface area contributed by atoms with Crippen LogP contribution in [0.1, 0.15) is 27.9 Å². The summed E-state index contributed by atoms with van der Waals surface area (Å²) in [4.78, 5) is 26.5. The highest BCUT2D eigenvalue weighted by Crippen LogP contribution is 2.25. The van der Waals surface area contributed by atoms with Crippen LogP contribution in [-0.4, -0.2) is 50.6 Å². The van der Waals surface area contributed by atoms with Gasteiger partial charge in [-0.3, -0.25) is 9.10 Å². The van der Waals surface area contributed by atoms with Crippen LogP contribution in [-0.2, 0) is 32.5 Å². The molecule has 0 spiro atoms. The van der Waals surface area contributed by atoms with Crippen molar-refractivity contribution in [1.29, 1.82) is 0 Å². The third-order valence-electron chi connectivity index (χ3n) is 5.28. The van der Waals surface area contributed by atoms with Crippen LogP contribution in [0.3, 0.4) is 0 Å². The van der Waals surface area contributed by atoms with E-state index in [4.69, 9.17) is 4.74 Å². The van der Waals surface area contributed by atoms with Gasteiger partial charge in [0.15, 0.2) is 6.61 Å². The number of amides is 1. The molecule has 1 amide bonds. The number of anilines is 1. The minimum Gasteiger partial charge on any atom is -0.452 e. The van der Waals surface area contributed by atoms with Crippen LogP contribution < -0.4 is 4.31 Å². The first-order valence-corrected chi connectivity index (χ1v) is 11.2. The zero-order valence-electron chi connectivity index (χ0n) is 15.9. The number of hydrogen-bond donors (Lipinski definition) is 0. The Bertz CT molecular complexity index is 1050. The number of esters is 1. The van der Waals surface area contributed by atoms with E-state index >= 15 is 0 Å². The Hall–Kier alpha value is -2.87. The van der Waals surface area contributed by atoms with Crippen LogP contribution in [0.4, 0.5) is 5.69 Å². The van der Waals surface area contributed by atoms with E-state index in [0.29, 0.717) is 31.7 Å². The number of carbonyl (C=O) groups excluding carboxylic acids is 2. The van der Waals surface area contributed by atoms with Crippen molar-refractivity contribution >= 4 is 27.6 Å². The molecule has 1 saturated heterocycles. The number of benzene rings is 2. The molecule has 0 bridgehead atoms. The van der Waals surface area contributed by atoms with Crippen molar-refractivity contribution in [3.63, 3.8) is 0 Å². The monoisotopic (exact) mass is 414 g/mol. The molecular formula is C21H22N2O5S. The lowest BCUT2D eigenvalue weighted by atomic mass is 10.00. The Morgan fingerprint density at radius 3 is 2.55 bits per heavy atom. The first-order chi connectivity index (χ1) is 13.9. The van der Waals surface area contributed by atoms with Gasteiger partial charge in [-0.15, -0.1) is 0 Å². The molecule has 2 aromatic carbocycles. The molecule has 0 saturated carbocycles. The van der Waals surface area contributed by atoms with Crippen molar-refractivity contribution in [3.05, 3.63) is 65.2 Å². The average molecular weight is 414 g/mol. The molecule has 0 unspecified atom stereocenters. The molecule has 2 aliphatic rings. The van der Waals surface area contributed by atoms with Crippen molar-refractivity contribution in [2.45, 2.75) is 19.4 Å². The molecule has 4 rings (SSSR count). The van der Waals surface area contributed by atoms with Crippen molar-refractivity contribution < 1.29 is 22.7 Å². The molecular weight excluding hydrogens is 392 g/mol. The number of hydrogen-bond acceptors (Lipinski definition) is 5. The highest BCUT2D eigenvalue weighted by atomic mass is 32.2. The molecule has 0 aliphatic carbocycles. The number of sulfonamides is 1. The van der Waals surface area contributed by atoms with Crippen molar-refractivity contribution in [1.82, 2.24) is 4.90 Å². The number of fused-ring (bicyclic) bond motifs is 1. The van der Waals surface area contributed by atoms with Crippen LogP contribution in [0, 0.1) is 0 Å². The molecule has 0 aromatic heterocycles. The third kappa shape index (κ3) is 4.12. The Morgan fingerprint density at radius 2 is 1.79 bits per heavy atom. The highest BCUT2D eigenvalue weighted by molar-refractivity contribution is 7.93. The van der Waals surface area contributed by atoms with Gasteiger partial charge in [0.05, 0.1) is 17.0 Å². The van der Waals surface area contributed by atoms with E-state index in [9.17, 15) is 18.0 Å². The summed E-state index contributed by atoms with van der Waals surface area (Å²) in [6, 6.07) is 14.3. The van der Waals surface area contributed by atoms with E-state index < -0.39 is 16.0 Å². The van der Waals surface area contributed by atoms with E-state index in [1.165, 1.54) is 15.9 Å². The maximum Gasteiger partial charge on any atom is 0.338 e. The average Bonchev–Trinajstić information content (AvgIpc) is 3.10. The Morgan fingerprint density at radius 1 is 1.00 bits per heavy atom. The molecule has 0 radical (unpaired) electrons. The van der Waals surface area contributed by atoms with E-state index in [-0.39, 0.29) is 23.8 Å². The summed E-state index contributed by atoms with van der Waals surface area (Å²) in [7, 11) is -3.33. The lowest BCUT2D eigenvalue weighted by Gasteiger charge is -2.28. The van der Waals surface area contributed by atoms with Gasteiger partial charge < -0.3 is 9.64 Å². The predicted octanol–water partition coefficient (Wildman–Crippen LogP) is 1.97. The fraction of sp³-hybridized carbons (Fsp3) is 0.333. The fourth-order valence-corrected chi connectivity index (χ4v) is 5.28. The van der Waals surface area contributed by atoms with Crippen LogP contribution in [0.25, 0.3) is 0 Å². The predicted molar refractivity (Wildman–Crippen MR) is 108 cm³/mol. The first kappa shape index (κ1) is 19.4. The van der Waals surface area contributed by atoms with Gasteiger partial charge >= 0.3 is 5.97 Å². The summed E-state index contributed by atoms with van der Waals surface area (Å²) in [6.45, 7) is 1.16. The van der Waals surface area contributed by atoms with Gasteiger partial charge in [0.25, 0.3) is 5.91 Å². The standard InChI is InChI=1S/C21H22N2O5S/c24-20(22-11-9-16-5-1-2-6-18(16)14-22)15-28-21(25)17-7-3-8-19(13-17)23-10-4-12-29(23,26)27/h1-3,5-8,13H,4,9-12,14-15H2. The molecule has 2 heterocycles. The zero-order chi connectivity index (χ0) is 20.4. The molecule has 8 heteroatoms. The largest absolute Gasteiger partial charge is 0.452 e. The Labute approximate surface area is 169 Å². The van der Waals surface area contributed by atoms with Gasteiger partial charge in [-0.2, -0.15) is 0 Å². The van der Waals surface area contributed by atoms with Crippen LogP contribution >= 0.6 is 0 Å². The minimum absolute atomic E-state index is 0.106. The van der Waals surface area contributed by atoms with Gasteiger partial charge in [0, 0.05) is 19.6 Å². The lowest BCUT2D eigenvalue weighted by Crippen LogP contribution is -2.38. The Kier molecular flexibility index (Phi) is 5.27. The molecule has 1 fully saturated rings. The minimum atomic E-state index is -3.33. The van der Waals surface area contributed by atoms with Crippen LogP contribution in [0.15, 0.2) is 48.5 Å². The number of carbonyl (C=O) groups is 2. The quantitative estimate of drug-likeness (QED) is 0.715. The van der Waals surface area contributed by atoms with E-state index in [0.717, 1.165) is 12.0 Å². The topological polar surface area (TPSA) is 84.0 Å². The van der Waals surface area contributed by atoms with Crippen molar-refractivity contribution in [3.8, 4) is 0 Å². The normalized spacial score (nSPS) is 17.7. The first-order valence-electron chi connectivity index (χ1n) is 9.56.